The van der Waals surface area contributed by atoms with Crippen molar-refractivity contribution in [1.82, 2.24) is 5.06 Å². The third-order valence-electron chi connectivity index (χ3n) is 9.18. The van der Waals surface area contributed by atoms with Crippen molar-refractivity contribution in [2.45, 2.75) is 220 Å². The van der Waals surface area contributed by atoms with Gasteiger partial charge in [-0.2, -0.15) is 5.06 Å². The standard InChI is InChI=1S/C38H80N2O/c1-5-8-10-12-14-16-18-20-21-23-25-27-29-31-33-38(36-41-40(34-7-3)37(4)35-39)32-30-28-26-24-22-19-17-15-13-11-9-6-2/h37-38H,5-36,39H2,1-4H3. The fraction of sp³-hybridized carbons (Fsp3) is 1.00. The monoisotopic (exact) mass is 581 g/mol. The lowest BCUT2D eigenvalue weighted by Gasteiger charge is -2.29. The first-order valence-corrected chi connectivity index (χ1v) is 19.3. The first kappa shape index (κ1) is 40.9. The Labute approximate surface area is 260 Å². The Hall–Kier alpha value is -0.120. The van der Waals surface area contributed by atoms with Crippen molar-refractivity contribution >= 4 is 0 Å². The third-order valence-corrected chi connectivity index (χ3v) is 9.18. The van der Waals surface area contributed by atoms with Crippen molar-refractivity contribution in [1.29, 1.82) is 0 Å². The first-order valence-electron chi connectivity index (χ1n) is 19.3. The number of hydrogen-bond acceptors (Lipinski definition) is 3. The van der Waals surface area contributed by atoms with E-state index in [9.17, 15) is 0 Å². The second-order valence-electron chi connectivity index (χ2n) is 13.4. The molecular formula is C38H80N2O. The summed E-state index contributed by atoms with van der Waals surface area (Å²) in [5.41, 5.74) is 5.97. The molecule has 41 heavy (non-hydrogen) atoms. The van der Waals surface area contributed by atoms with Crippen LogP contribution >= 0.6 is 0 Å². The largest absolute Gasteiger partial charge is 0.329 e. The van der Waals surface area contributed by atoms with Gasteiger partial charge in [-0.3, -0.25) is 4.84 Å². The topological polar surface area (TPSA) is 38.5 Å². The van der Waals surface area contributed by atoms with Gasteiger partial charge in [0.2, 0.25) is 0 Å². The molecule has 0 fully saturated rings. The van der Waals surface area contributed by atoms with Crippen molar-refractivity contribution < 1.29 is 4.84 Å². The molecule has 2 N–H and O–H groups in total. The minimum atomic E-state index is 0.309. The van der Waals surface area contributed by atoms with E-state index < -0.39 is 0 Å². The Kier molecular flexibility index (Phi) is 34.3. The molecule has 0 rings (SSSR count). The zero-order valence-electron chi connectivity index (χ0n) is 29.2. The van der Waals surface area contributed by atoms with Crippen molar-refractivity contribution in [3.8, 4) is 0 Å². The van der Waals surface area contributed by atoms with E-state index in [1.54, 1.807) is 0 Å². The summed E-state index contributed by atoms with van der Waals surface area (Å²) < 4.78 is 0. The molecule has 0 aliphatic heterocycles. The van der Waals surface area contributed by atoms with Gasteiger partial charge in [0.05, 0.1) is 6.61 Å². The van der Waals surface area contributed by atoms with E-state index in [1.807, 2.05) is 0 Å². The van der Waals surface area contributed by atoms with Crippen molar-refractivity contribution in [3.63, 3.8) is 0 Å². The fourth-order valence-electron chi connectivity index (χ4n) is 6.16. The summed E-state index contributed by atoms with van der Waals surface area (Å²) in [4.78, 5) is 6.38. The highest BCUT2D eigenvalue weighted by Crippen LogP contribution is 2.21. The van der Waals surface area contributed by atoms with Gasteiger partial charge < -0.3 is 5.73 Å². The van der Waals surface area contributed by atoms with E-state index >= 15 is 0 Å². The fourth-order valence-corrected chi connectivity index (χ4v) is 6.16. The summed E-state index contributed by atoms with van der Waals surface area (Å²) in [6, 6.07) is 0.309. The Morgan fingerprint density at radius 2 is 0.780 bits per heavy atom. The average Bonchev–Trinajstić information content (AvgIpc) is 2.98. The zero-order chi connectivity index (χ0) is 30.1. The van der Waals surface area contributed by atoms with Crippen LogP contribution in [0.4, 0.5) is 0 Å². The number of nitrogens with zero attached hydrogens (tertiary/aromatic N) is 1. The lowest BCUT2D eigenvalue weighted by Crippen LogP contribution is -2.40. The van der Waals surface area contributed by atoms with Crippen molar-refractivity contribution in [2.75, 3.05) is 19.7 Å². The molecule has 3 heteroatoms. The normalized spacial score (nSPS) is 13.3. The highest BCUT2D eigenvalue weighted by atomic mass is 16.7. The predicted molar refractivity (Wildman–Crippen MR) is 186 cm³/mol. The van der Waals surface area contributed by atoms with E-state index in [0.29, 0.717) is 18.5 Å². The molecule has 0 aromatic heterocycles. The van der Waals surface area contributed by atoms with Crippen LogP contribution in [0.15, 0.2) is 0 Å². The average molecular weight is 581 g/mol. The van der Waals surface area contributed by atoms with Crippen LogP contribution in [0.3, 0.4) is 0 Å². The molecule has 0 aromatic rings. The maximum absolute atomic E-state index is 6.38. The van der Waals surface area contributed by atoms with Gasteiger partial charge in [0.1, 0.15) is 0 Å². The van der Waals surface area contributed by atoms with Gasteiger partial charge >= 0.3 is 0 Å². The number of hydrogen-bond donors (Lipinski definition) is 1. The zero-order valence-corrected chi connectivity index (χ0v) is 29.2. The van der Waals surface area contributed by atoms with Crippen LogP contribution in [-0.2, 0) is 4.84 Å². The van der Waals surface area contributed by atoms with Crippen LogP contribution in [0, 0.1) is 5.92 Å². The first-order chi connectivity index (χ1) is 20.2. The van der Waals surface area contributed by atoms with Crippen LogP contribution in [0.1, 0.15) is 214 Å². The van der Waals surface area contributed by atoms with Gasteiger partial charge in [-0.1, -0.05) is 188 Å². The smallest absolute Gasteiger partial charge is 0.0713 e. The molecule has 0 radical (unpaired) electrons. The van der Waals surface area contributed by atoms with Gasteiger partial charge in [0, 0.05) is 19.1 Å². The number of rotatable bonds is 35. The maximum atomic E-state index is 6.38. The van der Waals surface area contributed by atoms with Crippen LogP contribution in [0.2, 0.25) is 0 Å². The summed E-state index contributed by atoms with van der Waals surface area (Å²) in [6.45, 7) is 11.6. The summed E-state index contributed by atoms with van der Waals surface area (Å²) in [5, 5.41) is 2.17. The van der Waals surface area contributed by atoms with Crippen molar-refractivity contribution in [2.24, 2.45) is 11.7 Å². The summed E-state index contributed by atoms with van der Waals surface area (Å²) in [5.74, 6) is 0.708. The minimum Gasteiger partial charge on any atom is -0.329 e. The maximum Gasteiger partial charge on any atom is 0.0713 e. The van der Waals surface area contributed by atoms with E-state index in [0.717, 1.165) is 19.6 Å². The quantitative estimate of drug-likeness (QED) is 0.0598. The van der Waals surface area contributed by atoms with Gasteiger partial charge in [-0.05, 0) is 32.1 Å². The molecule has 0 spiro atoms. The number of unbranched alkanes of at least 4 members (excludes halogenated alkanes) is 24. The van der Waals surface area contributed by atoms with E-state index in [4.69, 9.17) is 10.6 Å². The van der Waals surface area contributed by atoms with Crippen LogP contribution in [0.5, 0.6) is 0 Å². The molecule has 0 saturated carbocycles. The lowest BCUT2D eigenvalue weighted by atomic mass is 9.94. The molecule has 0 aliphatic carbocycles. The van der Waals surface area contributed by atoms with Crippen LogP contribution < -0.4 is 5.73 Å². The molecule has 0 aliphatic rings. The Bertz CT molecular complexity index is 471. The second-order valence-corrected chi connectivity index (χ2v) is 13.4. The number of hydroxylamine groups is 2. The summed E-state index contributed by atoms with van der Waals surface area (Å²) >= 11 is 0. The lowest BCUT2D eigenvalue weighted by molar-refractivity contribution is -0.191. The van der Waals surface area contributed by atoms with Gasteiger partial charge in [0.15, 0.2) is 0 Å². The molecule has 0 heterocycles. The molecule has 3 nitrogen and oxygen atoms in total. The minimum absolute atomic E-state index is 0.309. The van der Waals surface area contributed by atoms with E-state index in [-0.39, 0.29) is 0 Å². The molecule has 0 saturated heterocycles. The summed E-state index contributed by atoms with van der Waals surface area (Å²) in [7, 11) is 0. The molecule has 2 atom stereocenters. The highest BCUT2D eigenvalue weighted by molar-refractivity contribution is 4.64. The molecular weight excluding hydrogens is 500 g/mol. The van der Waals surface area contributed by atoms with Gasteiger partial charge in [0.25, 0.3) is 0 Å². The molecule has 0 amide bonds. The van der Waals surface area contributed by atoms with Gasteiger partial charge in [-0.25, -0.2) is 0 Å². The molecule has 248 valence electrons. The third kappa shape index (κ3) is 29.7. The Morgan fingerprint density at radius 3 is 1.07 bits per heavy atom. The number of nitrogens with two attached hydrogens (primary N) is 1. The SMILES string of the molecule is CCCCCCCCCCCCCCCCC(CCCCCCCCCCCCCC)CON(CCC)C(C)CN. The van der Waals surface area contributed by atoms with E-state index in [2.05, 4.69) is 32.8 Å². The van der Waals surface area contributed by atoms with Crippen LogP contribution in [-0.4, -0.2) is 30.8 Å². The van der Waals surface area contributed by atoms with Gasteiger partial charge in [-0.15, -0.1) is 0 Å². The molecule has 0 bridgehead atoms. The molecule has 2 unspecified atom stereocenters. The Balaban J connectivity index is 4.04. The van der Waals surface area contributed by atoms with E-state index in [1.165, 1.54) is 180 Å². The molecule has 0 aromatic carbocycles. The van der Waals surface area contributed by atoms with Crippen molar-refractivity contribution in [3.05, 3.63) is 0 Å². The second kappa shape index (κ2) is 34.4. The predicted octanol–water partition coefficient (Wildman–Crippen LogP) is 12.6. The summed E-state index contributed by atoms with van der Waals surface area (Å²) in [6.07, 6.45) is 41.0. The highest BCUT2D eigenvalue weighted by Gasteiger charge is 2.16. The van der Waals surface area contributed by atoms with Crippen LogP contribution in [0.25, 0.3) is 0 Å². The Morgan fingerprint density at radius 1 is 0.463 bits per heavy atom.